The Labute approximate surface area is 200 Å². The van der Waals surface area contributed by atoms with Crippen LogP contribution < -0.4 is 0 Å². The predicted molar refractivity (Wildman–Crippen MR) is 127 cm³/mol. The normalized spacial score (nSPS) is 13.1. The third-order valence-electron chi connectivity index (χ3n) is 5.11. The zero-order valence-corrected chi connectivity index (χ0v) is 19.4. The maximum Gasteiger partial charge on any atom is 0.352 e. The number of hydrogen-bond donors (Lipinski definition) is 1. The van der Waals surface area contributed by atoms with Crippen LogP contribution in [0.25, 0.3) is 5.65 Å². The summed E-state index contributed by atoms with van der Waals surface area (Å²) in [5.41, 5.74) is -0.933. The van der Waals surface area contributed by atoms with Gasteiger partial charge in [-0.3, -0.25) is 0 Å². The Kier molecular flexibility index (Phi) is 6.15. The Morgan fingerprint density at radius 2 is 1.76 bits per heavy atom. The summed E-state index contributed by atoms with van der Waals surface area (Å²) in [6.07, 6.45) is 1.28. The quantitative estimate of drug-likeness (QED) is 0.253. The van der Waals surface area contributed by atoms with E-state index in [4.69, 9.17) is 11.6 Å². The number of rotatable bonds is 5. The van der Waals surface area contributed by atoms with Crippen molar-refractivity contribution in [3.63, 3.8) is 0 Å². The number of pyridine rings is 1. The Morgan fingerprint density at radius 3 is 2.38 bits per heavy atom. The zero-order valence-electron chi connectivity index (χ0n) is 17.8. The first-order chi connectivity index (χ1) is 16.1. The van der Waals surface area contributed by atoms with Gasteiger partial charge in [0, 0.05) is 0 Å². The second-order valence-electron chi connectivity index (χ2n) is 7.67. The summed E-state index contributed by atoms with van der Waals surface area (Å²) in [7, 11) is -3.90. The van der Waals surface area contributed by atoms with Crippen LogP contribution in [0, 0.1) is 22.0 Å². The van der Waals surface area contributed by atoms with Gasteiger partial charge in [-0.05, 0) is 35.6 Å². The molecule has 0 aliphatic heterocycles. The Morgan fingerprint density at radius 1 is 1.15 bits per heavy atom. The number of sulfone groups is 1. The van der Waals surface area contributed by atoms with E-state index in [-0.39, 0.29) is 26.8 Å². The van der Waals surface area contributed by atoms with Crippen molar-refractivity contribution in [2.24, 2.45) is 0 Å². The third kappa shape index (κ3) is 4.65. The highest BCUT2D eigenvalue weighted by atomic mass is 35.5. The maximum atomic E-state index is 12.9. The number of benzene rings is 2. The number of halogens is 1. The molecule has 0 saturated carbocycles. The molecule has 172 valence electrons. The van der Waals surface area contributed by atoms with Gasteiger partial charge in [-0.1, -0.05) is 72.0 Å². The smallest absolute Gasteiger partial charge is 0.352 e. The molecule has 2 heterocycles. The van der Waals surface area contributed by atoms with E-state index in [9.17, 15) is 23.6 Å². The van der Waals surface area contributed by atoms with E-state index in [1.165, 1.54) is 31.3 Å². The van der Waals surface area contributed by atoms with Gasteiger partial charge in [0.1, 0.15) is 17.6 Å². The highest BCUT2D eigenvalue weighted by molar-refractivity contribution is 7.90. The van der Waals surface area contributed by atoms with Crippen molar-refractivity contribution < 1.29 is 18.4 Å². The lowest BCUT2D eigenvalue weighted by Gasteiger charge is -2.16. The van der Waals surface area contributed by atoms with Crippen LogP contribution in [0.3, 0.4) is 0 Å². The van der Waals surface area contributed by atoms with Crippen LogP contribution in [0.5, 0.6) is 0 Å². The minimum absolute atomic E-state index is 0.0262. The van der Waals surface area contributed by atoms with E-state index in [0.29, 0.717) is 5.56 Å². The summed E-state index contributed by atoms with van der Waals surface area (Å²) in [6.45, 7) is 1.52. The molecule has 1 unspecified atom stereocenters. The molecule has 0 spiro atoms. The number of fused-ring (bicyclic) bond motifs is 1. The third-order valence-corrected chi connectivity index (χ3v) is 6.96. The first-order valence-corrected chi connectivity index (χ1v) is 12.1. The second kappa shape index (κ2) is 8.91. The molecule has 0 radical (unpaired) electrons. The first kappa shape index (κ1) is 23.4. The summed E-state index contributed by atoms with van der Waals surface area (Å²) in [5, 5.41) is 22.8. The Bertz CT molecular complexity index is 1550. The molecule has 10 heteroatoms. The highest BCUT2D eigenvalue weighted by Gasteiger charge is 2.29. The van der Waals surface area contributed by atoms with Crippen molar-refractivity contribution in [1.29, 1.82) is 0 Å². The van der Waals surface area contributed by atoms with Crippen molar-refractivity contribution in [3.05, 3.63) is 105 Å². The van der Waals surface area contributed by atoms with Gasteiger partial charge in [0.05, 0.1) is 15.5 Å². The van der Waals surface area contributed by atoms with E-state index in [1.54, 1.807) is 42.5 Å². The number of aliphatic hydroxyl groups is 1. The fraction of sp³-hybridized carbons (Fsp3) is 0.125. The average molecular weight is 496 g/mol. The molecule has 1 N–H and O–H groups in total. The van der Waals surface area contributed by atoms with Crippen molar-refractivity contribution in [1.82, 2.24) is 9.38 Å². The van der Waals surface area contributed by atoms with Crippen LogP contribution in [0.2, 0.25) is 5.02 Å². The number of hydrogen-bond acceptors (Lipinski definition) is 6. The molecule has 0 aliphatic rings. The summed E-state index contributed by atoms with van der Waals surface area (Å²) in [5.74, 6) is 4.35. The first-order valence-electron chi connectivity index (χ1n) is 10.0. The van der Waals surface area contributed by atoms with Gasteiger partial charge in [-0.2, -0.15) is 4.40 Å². The van der Waals surface area contributed by atoms with Crippen molar-refractivity contribution in [2.75, 3.05) is 0 Å². The average Bonchev–Trinajstić information content (AvgIpc) is 3.16. The number of nitrogens with zero attached hydrogens (tertiary/aromatic N) is 3. The van der Waals surface area contributed by atoms with Gasteiger partial charge >= 0.3 is 5.82 Å². The van der Waals surface area contributed by atoms with Crippen LogP contribution in [0.15, 0.2) is 77.8 Å². The fourth-order valence-corrected chi connectivity index (χ4v) is 4.94. The van der Waals surface area contributed by atoms with E-state index < -0.39 is 31.9 Å². The molecular formula is C24H18ClN3O5S. The number of imidazole rings is 1. The Balaban J connectivity index is 1.85. The zero-order chi connectivity index (χ0) is 24.5. The van der Waals surface area contributed by atoms with Crippen LogP contribution in [0.1, 0.15) is 23.7 Å². The second-order valence-corrected chi connectivity index (χ2v) is 10.1. The van der Waals surface area contributed by atoms with Gasteiger partial charge in [-0.15, -0.1) is 0 Å². The van der Waals surface area contributed by atoms with Gasteiger partial charge < -0.3 is 15.2 Å². The van der Waals surface area contributed by atoms with Crippen molar-refractivity contribution in [2.45, 2.75) is 23.2 Å². The van der Waals surface area contributed by atoms with E-state index in [0.717, 1.165) is 4.40 Å². The van der Waals surface area contributed by atoms with Gasteiger partial charge in [0.25, 0.3) is 0 Å². The highest BCUT2D eigenvalue weighted by Crippen LogP contribution is 2.29. The van der Waals surface area contributed by atoms with Crippen LogP contribution in [-0.4, -0.2) is 27.8 Å². The fourth-order valence-electron chi connectivity index (χ4n) is 3.44. The largest absolute Gasteiger partial charge is 0.374 e. The topological polar surface area (TPSA) is 115 Å². The van der Waals surface area contributed by atoms with Crippen LogP contribution in [-0.2, 0) is 21.2 Å². The number of aromatic nitrogens is 2. The standard InChI is InChI=1S/C24H18ClN3O5S/c1-24(29,18-8-4-2-5-9-18)13-12-17-14-19(25)15-27-22(17)26-21(23(27)28(30)31)16-34(32,33)20-10-6-3-7-11-20/h2-11,14-15,29H,16H2,1H3. The van der Waals surface area contributed by atoms with Gasteiger partial charge in [0.15, 0.2) is 15.5 Å². The summed E-state index contributed by atoms with van der Waals surface area (Å²) >= 11 is 6.19. The molecule has 0 aliphatic carbocycles. The SMILES string of the molecule is CC(O)(C#Cc1cc(Cl)cn2c([N+](=O)[O-])c(CS(=O)(=O)c3ccccc3)nc12)c1ccccc1. The molecule has 0 amide bonds. The summed E-state index contributed by atoms with van der Waals surface area (Å²) in [4.78, 5) is 15.5. The molecule has 0 fully saturated rings. The Hall–Kier alpha value is -3.71. The lowest BCUT2D eigenvalue weighted by molar-refractivity contribution is -0.391. The van der Waals surface area contributed by atoms with Crippen LogP contribution >= 0.6 is 11.6 Å². The van der Waals surface area contributed by atoms with Gasteiger partial charge in [0.2, 0.25) is 5.65 Å². The molecule has 8 nitrogen and oxygen atoms in total. The minimum Gasteiger partial charge on any atom is -0.374 e. The van der Waals surface area contributed by atoms with Gasteiger partial charge in [-0.25, -0.2) is 13.4 Å². The molecule has 4 aromatic rings. The molecule has 0 bridgehead atoms. The van der Waals surface area contributed by atoms with Crippen LogP contribution in [0.4, 0.5) is 5.82 Å². The van der Waals surface area contributed by atoms with Crippen molar-refractivity contribution >= 4 is 32.9 Å². The lowest BCUT2D eigenvalue weighted by atomic mass is 9.96. The van der Waals surface area contributed by atoms with E-state index in [2.05, 4.69) is 16.8 Å². The molecular weight excluding hydrogens is 478 g/mol. The molecule has 4 rings (SSSR count). The predicted octanol–water partition coefficient (Wildman–Crippen LogP) is 4.13. The summed E-state index contributed by atoms with van der Waals surface area (Å²) < 4.78 is 26.8. The summed E-state index contributed by atoms with van der Waals surface area (Å²) in [6, 6.07) is 17.9. The molecule has 2 aromatic carbocycles. The molecule has 1 atom stereocenters. The van der Waals surface area contributed by atoms with E-state index >= 15 is 0 Å². The number of nitro groups is 1. The monoisotopic (exact) mass is 495 g/mol. The van der Waals surface area contributed by atoms with E-state index in [1.807, 2.05) is 6.07 Å². The molecule has 0 saturated heterocycles. The lowest BCUT2D eigenvalue weighted by Crippen LogP contribution is -2.18. The maximum absolute atomic E-state index is 12.9. The van der Waals surface area contributed by atoms with Crippen molar-refractivity contribution in [3.8, 4) is 11.8 Å². The molecule has 34 heavy (non-hydrogen) atoms. The minimum atomic E-state index is -3.90. The molecule has 2 aromatic heterocycles.